The van der Waals surface area contributed by atoms with Gasteiger partial charge in [-0.1, -0.05) is 0 Å². The van der Waals surface area contributed by atoms with E-state index in [1.165, 1.54) is 11.1 Å². The highest BCUT2D eigenvalue weighted by molar-refractivity contribution is 5.58. The fourth-order valence-electron chi connectivity index (χ4n) is 3.97. The molecule has 4 heterocycles. The minimum Gasteiger partial charge on any atom is -0.493 e. The van der Waals surface area contributed by atoms with Crippen LogP contribution in [-0.2, 0) is 6.42 Å². The van der Waals surface area contributed by atoms with E-state index in [0.717, 1.165) is 67.5 Å². The maximum Gasteiger partial charge on any atom is 0.179 e. The second kappa shape index (κ2) is 6.40. The Bertz CT molecular complexity index is 991. The van der Waals surface area contributed by atoms with Crippen molar-refractivity contribution in [2.24, 2.45) is 0 Å². The third-order valence-electron chi connectivity index (χ3n) is 5.66. The maximum atomic E-state index is 6.25. The zero-order valence-corrected chi connectivity index (χ0v) is 15.7. The van der Waals surface area contributed by atoms with Crippen LogP contribution in [0.25, 0.3) is 5.65 Å². The highest BCUT2D eigenvalue weighted by atomic mass is 16.5. The highest BCUT2D eigenvalue weighted by Crippen LogP contribution is 2.31. The summed E-state index contributed by atoms with van der Waals surface area (Å²) in [5.74, 6) is 2.95. The molecule has 0 radical (unpaired) electrons. The van der Waals surface area contributed by atoms with Gasteiger partial charge < -0.3 is 14.4 Å². The molecule has 5 rings (SSSR count). The van der Waals surface area contributed by atoms with E-state index in [1.54, 1.807) is 11.0 Å². The summed E-state index contributed by atoms with van der Waals surface area (Å²) in [6.07, 6.45) is 4.71. The zero-order chi connectivity index (χ0) is 18.4. The van der Waals surface area contributed by atoms with Gasteiger partial charge in [0.1, 0.15) is 23.9 Å². The lowest BCUT2D eigenvalue weighted by Gasteiger charge is -2.33. The van der Waals surface area contributed by atoms with Crippen LogP contribution in [0.2, 0.25) is 0 Å². The molecule has 0 saturated carbocycles. The van der Waals surface area contributed by atoms with Crippen LogP contribution in [0.1, 0.15) is 29.5 Å². The van der Waals surface area contributed by atoms with Gasteiger partial charge >= 0.3 is 0 Å². The minimum absolute atomic E-state index is 0.234. The van der Waals surface area contributed by atoms with Crippen molar-refractivity contribution in [1.29, 1.82) is 0 Å². The predicted octanol–water partition coefficient (Wildman–Crippen LogP) is 2.72. The highest BCUT2D eigenvalue weighted by Gasteiger charge is 2.24. The van der Waals surface area contributed by atoms with E-state index in [4.69, 9.17) is 9.47 Å². The number of hydrogen-bond acceptors (Lipinski definition) is 6. The van der Waals surface area contributed by atoms with Gasteiger partial charge in [-0.05, 0) is 32.0 Å². The number of fused-ring (bicyclic) bond motifs is 2. The van der Waals surface area contributed by atoms with Crippen molar-refractivity contribution in [3.05, 3.63) is 41.2 Å². The summed E-state index contributed by atoms with van der Waals surface area (Å²) in [7, 11) is 0. The quantitative estimate of drug-likeness (QED) is 0.711. The lowest BCUT2D eigenvalue weighted by atomic mass is 10.1. The van der Waals surface area contributed by atoms with Gasteiger partial charge in [-0.2, -0.15) is 0 Å². The van der Waals surface area contributed by atoms with Crippen molar-refractivity contribution in [3.63, 3.8) is 0 Å². The molecule has 0 aliphatic carbocycles. The fraction of sp³-hybridized carbons (Fsp3) is 0.450. The molecule has 3 aromatic rings. The normalized spacial score (nSPS) is 17.2. The molecular weight excluding hydrogens is 342 g/mol. The van der Waals surface area contributed by atoms with Gasteiger partial charge in [0.25, 0.3) is 0 Å². The van der Waals surface area contributed by atoms with E-state index in [1.807, 2.05) is 12.1 Å². The summed E-state index contributed by atoms with van der Waals surface area (Å²) in [5, 5.41) is 8.89. The molecule has 0 atom stereocenters. The molecule has 7 nitrogen and oxygen atoms in total. The monoisotopic (exact) mass is 365 g/mol. The second-order valence-corrected chi connectivity index (χ2v) is 7.32. The van der Waals surface area contributed by atoms with Crippen molar-refractivity contribution in [2.45, 2.75) is 39.2 Å². The number of aryl methyl sites for hydroxylation is 1. The molecule has 0 unspecified atom stereocenters. The number of hydrogen-bond donors (Lipinski definition) is 0. The van der Waals surface area contributed by atoms with E-state index in [2.05, 4.69) is 40.0 Å². The van der Waals surface area contributed by atoms with Crippen LogP contribution in [0.4, 0.5) is 5.82 Å². The van der Waals surface area contributed by atoms with E-state index in [0.29, 0.717) is 0 Å². The second-order valence-electron chi connectivity index (χ2n) is 7.32. The van der Waals surface area contributed by atoms with Crippen molar-refractivity contribution >= 4 is 11.5 Å². The average molecular weight is 365 g/mol. The van der Waals surface area contributed by atoms with E-state index in [9.17, 15) is 0 Å². The molecule has 0 N–H and O–H groups in total. The average Bonchev–Trinajstić information content (AvgIpc) is 3.34. The number of benzene rings is 1. The minimum atomic E-state index is 0.234. The Hall–Kier alpha value is -2.83. The van der Waals surface area contributed by atoms with Gasteiger partial charge in [0, 0.05) is 49.0 Å². The largest absolute Gasteiger partial charge is 0.493 e. The summed E-state index contributed by atoms with van der Waals surface area (Å²) >= 11 is 0. The smallest absolute Gasteiger partial charge is 0.179 e. The van der Waals surface area contributed by atoms with Gasteiger partial charge in [-0.15, -0.1) is 14.8 Å². The van der Waals surface area contributed by atoms with Crippen LogP contribution in [0, 0.1) is 13.8 Å². The van der Waals surface area contributed by atoms with Gasteiger partial charge in [-0.25, -0.2) is 4.98 Å². The van der Waals surface area contributed by atoms with Crippen LogP contribution in [0.5, 0.6) is 11.5 Å². The Balaban J connectivity index is 1.28. The lowest BCUT2D eigenvalue weighted by molar-refractivity contribution is 0.170. The number of nitrogens with zero attached hydrogens (tertiary/aromatic N) is 5. The number of anilines is 1. The van der Waals surface area contributed by atoms with E-state index >= 15 is 0 Å². The first-order valence-corrected chi connectivity index (χ1v) is 9.53. The van der Waals surface area contributed by atoms with Gasteiger partial charge in [-0.3, -0.25) is 0 Å². The van der Waals surface area contributed by atoms with Crippen LogP contribution in [0.3, 0.4) is 0 Å². The molecule has 1 saturated heterocycles. The summed E-state index contributed by atoms with van der Waals surface area (Å²) < 4.78 is 13.4. The topological polar surface area (TPSA) is 64.8 Å². The van der Waals surface area contributed by atoms with Gasteiger partial charge in [0.15, 0.2) is 11.5 Å². The zero-order valence-electron chi connectivity index (χ0n) is 15.7. The molecule has 2 aromatic heterocycles. The van der Waals surface area contributed by atoms with Crippen LogP contribution >= 0.6 is 0 Å². The van der Waals surface area contributed by atoms with Crippen molar-refractivity contribution in [3.8, 4) is 11.5 Å². The molecule has 0 amide bonds. The Morgan fingerprint density at radius 2 is 2.00 bits per heavy atom. The number of piperidine rings is 1. The summed E-state index contributed by atoms with van der Waals surface area (Å²) in [6.45, 7) is 6.82. The van der Waals surface area contributed by atoms with Gasteiger partial charge in [0.2, 0.25) is 0 Å². The SMILES string of the molecule is Cc1c(N2CCC(Oc3ccc4c(c3)CCO4)CC2)nn2ncnc2c1C. The van der Waals surface area contributed by atoms with Crippen molar-refractivity contribution in [2.75, 3.05) is 24.6 Å². The predicted molar refractivity (Wildman–Crippen MR) is 102 cm³/mol. The third kappa shape index (κ3) is 2.87. The summed E-state index contributed by atoms with van der Waals surface area (Å²) in [4.78, 5) is 6.62. The molecule has 27 heavy (non-hydrogen) atoms. The molecule has 2 aliphatic rings. The summed E-state index contributed by atoms with van der Waals surface area (Å²) in [6, 6.07) is 6.17. The number of ether oxygens (including phenoxy) is 2. The molecule has 1 fully saturated rings. The van der Waals surface area contributed by atoms with Crippen LogP contribution in [-0.4, -0.2) is 45.6 Å². The first kappa shape index (κ1) is 16.4. The summed E-state index contributed by atoms with van der Waals surface area (Å²) in [5.41, 5.74) is 4.39. The van der Waals surface area contributed by atoms with Gasteiger partial charge in [0.05, 0.1) is 6.61 Å². The van der Waals surface area contributed by atoms with E-state index in [-0.39, 0.29) is 6.10 Å². The molecule has 7 heteroatoms. The van der Waals surface area contributed by atoms with Crippen molar-refractivity contribution < 1.29 is 9.47 Å². The lowest BCUT2D eigenvalue weighted by Crippen LogP contribution is -2.39. The fourth-order valence-corrected chi connectivity index (χ4v) is 3.97. The van der Waals surface area contributed by atoms with Crippen LogP contribution in [0.15, 0.2) is 24.5 Å². The third-order valence-corrected chi connectivity index (χ3v) is 5.66. The van der Waals surface area contributed by atoms with E-state index < -0.39 is 0 Å². The molecule has 0 spiro atoms. The Morgan fingerprint density at radius 3 is 2.85 bits per heavy atom. The maximum absolute atomic E-state index is 6.25. The molecule has 140 valence electrons. The molecule has 0 bridgehead atoms. The number of aromatic nitrogens is 4. The first-order valence-electron chi connectivity index (χ1n) is 9.53. The standard InChI is InChI=1S/C20H23N5O2/c1-13-14(2)20(23-25-19(13)21-12-22-25)24-8-5-16(6-9-24)27-17-3-4-18-15(11-17)7-10-26-18/h3-4,11-12,16H,5-10H2,1-2H3. The molecular formula is C20H23N5O2. The Kier molecular flexibility index (Phi) is 3.88. The number of rotatable bonds is 3. The van der Waals surface area contributed by atoms with Crippen molar-refractivity contribution in [1.82, 2.24) is 19.8 Å². The molecule has 2 aliphatic heterocycles. The Morgan fingerprint density at radius 1 is 1.15 bits per heavy atom. The van der Waals surface area contributed by atoms with Crippen LogP contribution < -0.4 is 14.4 Å². The Labute approximate surface area is 157 Å². The molecule has 1 aromatic carbocycles. The first-order chi connectivity index (χ1) is 13.2.